The third kappa shape index (κ3) is 5.31. The van der Waals surface area contributed by atoms with Gasteiger partial charge in [0.15, 0.2) is 0 Å². The van der Waals surface area contributed by atoms with E-state index in [9.17, 15) is 9.59 Å². The van der Waals surface area contributed by atoms with Crippen molar-refractivity contribution >= 4 is 28.4 Å². The van der Waals surface area contributed by atoms with E-state index in [-0.39, 0.29) is 17.9 Å². The lowest BCUT2D eigenvalue weighted by atomic mass is 10.1. The zero-order valence-corrected chi connectivity index (χ0v) is 17.1. The molecule has 0 saturated heterocycles. The van der Waals surface area contributed by atoms with E-state index in [4.69, 9.17) is 4.74 Å². The Balaban J connectivity index is 1.81. The molecular formula is C23H25N3O3. The highest BCUT2D eigenvalue weighted by atomic mass is 16.5. The van der Waals surface area contributed by atoms with Crippen LogP contribution in [0, 0.1) is 6.92 Å². The molecule has 0 spiro atoms. The molecule has 1 aromatic heterocycles. The molecule has 2 amide bonds. The minimum absolute atomic E-state index is 0.113. The fourth-order valence-corrected chi connectivity index (χ4v) is 3.04. The number of pyridine rings is 1. The van der Waals surface area contributed by atoms with Crippen molar-refractivity contribution < 1.29 is 14.3 Å². The summed E-state index contributed by atoms with van der Waals surface area (Å²) in [6.07, 6.45) is 0.113. The molecule has 150 valence electrons. The zero-order chi connectivity index (χ0) is 21.0. The molecule has 0 unspecified atom stereocenters. The van der Waals surface area contributed by atoms with Crippen LogP contribution < -0.4 is 15.4 Å². The molecule has 2 aromatic carbocycles. The highest BCUT2D eigenvalue weighted by Crippen LogP contribution is 2.24. The van der Waals surface area contributed by atoms with Crippen molar-refractivity contribution in [2.24, 2.45) is 0 Å². The van der Waals surface area contributed by atoms with E-state index in [0.29, 0.717) is 23.3 Å². The van der Waals surface area contributed by atoms with Gasteiger partial charge in [-0.2, -0.15) is 0 Å². The van der Waals surface area contributed by atoms with Crippen molar-refractivity contribution in [3.8, 4) is 5.75 Å². The quantitative estimate of drug-likeness (QED) is 0.659. The summed E-state index contributed by atoms with van der Waals surface area (Å²) in [4.78, 5) is 28.8. The average Bonchev–Trinajstić information content (AvgIpc) is 2.65. The monoisotopic (exact) mass is 391 g/mol. The number of fused-ring (bicyclic) bond motifs is 1. The van der Waals surface area contributed by atoms with Crippen molar-refractivity contribution in [2.45, 2.75) is 40.3 Å². The summed E-state index contributed by atoms with van der Waals surface area (Å²) >= 11 is 0. The van der Waals surface area contributed by atoms with Crippen LogP contribution in [0.4, 0.5) is 5.69 Å². The SMILES string of the molecule is CC(=O)Nc1cc(C(=O)NCc2ccc(OC(C)C)cc2)c2ccc(C)nc2c1. The average molecular weight is 391 g/mol. The van der Waals surface area contributed by atoms with Crippen molar-refractivity contribution in [3.63, 3.8) is 0 Å². The Morgan fingerprint density at radius 2 is 1.79 bits per heavy atom. The summed E-state index contributed by atoms with van der Waals surface area (Å²) in [5.74, 6) is 0.368. The van der Waals surface area contributed by atoms with Crippen LogP contribution in [0.5, 0.6) is 5.75 Å². The van der Waals surface area contributed by atoms with Gasteiger partial charge in [-0.3, -0.25) is 14.6 Å². The topological polar surface area (TPSA) is 80.3 Å². The second-order valence-corrected chi connectivity index (χ2v) is 7.22. The van der Waals surface area contributed by atoms with E-state index in [1.54, 1.807) is 12.1 Å². The number of ether oxygens (including phenoxy) is 1. The summed E-state index contributed by atoms with van der Waals surface area (Å²) in [7, 11) is 0. The Kier molecular flexibility index (Phi) is 6.12. The van der Waals surface area contributed by atoms with Crippen molar-refractivity contribution in [1.82, 2.24) is 10.3 Å². The fourth-order valence-electron chi connectivity index (χ4n) is 3.04. The molecular weight excluding hydrogens is 366 g/mol. The molecule has 6 nitrogen and oxygen atoms in total. The van der Waals surface area contributed by atoms with Crippen molar-refractivity contribution in [3.05, 3.63) is 65.4 Å². The smallest absolute Gasteiger partial charge is 0.252 e. The van der Waals surface area contributed by atoms with Crippen LogP contribution in [-0.2, 0) is 11.3 Å². The number of nitrogens with one attached hydrogen (secondary N) is 2. The number of hydrogen-bond acceptors (Lipinski definition) is 4. The fraction of sp³-hybridized carbons (Fsp3) is 0.261. The molecule has 3 aromatic rings. The van der Waals surface area contributed by atoms with Gasteiger partial charge in [0.2, 0.25) is 5.91 Å². The number of carbonyl (C=O) groups is 2. The van der Waals surface area contributed by atoms with Gasteiger partial charge in [-0.25, -0.2) is 0 Å². The first-order chi connectivity index (χ1) is 13.8. The maximum Gasteiger partial charge on any atom is 0.252 e. The van der Waals surface area contributed by atoms with E-state index in [1.165, 1.54) is 6.92 Å². The lowest BCUT2D eigenvalue weighted by Crippen LogP contribution is -2.23. The molecule has 3 rings (SSSR count). The first-order valence-electron chi connectivity index (χ1n) is 9.54. The van der Waals surface area contributed by atoms with Crippen LogP contribution in [0.2, 0.25) is 0 Å². The van der Waals surface area contributed by atoms with E-state index in [2.05, 4.69) is 15.6 Å². The second kappa shape index (κ2) is 8.73. The highest BCUT2D eigenvalue weighted by Gasteiger charge is 2.13. The molecule has 0 aliphatic rings. The van der Waals surface area contributed by atoms with Gasteiger partial charge < -0.3 is 15.4 Å². The Morgan fingerprint density at radius 1 is 1.07 bits per heavy atom. The van der Waals surface area contributed by atoms with Gasteiger partial charge in [0.1, 0.15) is 5.75 Å². The molecule has 2 N–H and O–H groups in total. The van der Waals surface area contributed by atoms with Gasteiger partial charge in [-0.15, -0.1) is 0 Å². The molecule has 0 bridgehead atoms. The Morgan fingerprint density at radius 3 is 2.45 bits per heavy atom. The number of anilines is 1. The number of nitrogens with zero attached hydrogens (tertiary/aromatic N) is 1. The normalized spacial score (nSPS) is 10.8. The molecule has 0 aliphatic carbocycles. The number of hydrogen-bond donors (Lipinski definition) is 2. The van der Waals surface area contributed by atoms with Gasteiger partial charge in [0.25, 0.3) is 5.91 Å². The molecule has 0 aliphatic heterocycles. The summed E-state index contributed by atoms with van der Waals surface area (Å²) in [6, 6.07) is 14.8. The van der Waals surface area contributed by atoms with Crippen LogP contribution in [0.1, 0.15) is 42.4 Å². The van der Waals surface area contributed by atoms with Gasteiger partial charge in [-0.1, -0.05) is 18.2 Å². The predicted octanol–water partition coefficient (Wildman–Crippen LogP) is 4.22. The predicted molar refractivity (Wildman–Crippen MR) is 114 cm³/mol. The lowest BCUT2D eigenvalue weighted by molar-refractivity contribution is -0.114. The van der Waals surface area contributed by atoms with Crippen LogP contribution >= 0.6 is 0 Å². The molecule has 0 atom stereocenters. The molecule has 1 heterocycles. The number of aryl methyl sites for hydroxylation is 1. The van der Waals surface area contributed by atoms with Crippen LogP contribution in [0.15, 0.2) is 48.5 Å². The maximum absolute atomic E-state index is 12.9. The summed E-state index contributed by atoms with van der Waals surface area (Å²) in [6.45, 7) is 7.65. The standard InChI is InChI=1S/C23H25N3O3/c1-14(2)29-19-8-6-17(7-9-19)13-24-23(28)21-11-18(26-16(4)27)12-22-20(21)10-5-15(3)25-22/h5-12,14H,13H2,1-4H3,(H,24,28)(H,26,27). The molecule has 29 heavy (non-hydrogen) atoms. The molecule has 0 fully saturated rings. The number of aromatic nitrogens is 1. The lowest BCUT2D eigenvalue weighted by Gasteiger charge is -2.12. The third-order valence-electron chi connectivity index (χ3n) is 4.26. The first kappa shape index (κ1) is 20.3. The van der Waals surface area contributed by atoms with E-state index in [1.807, 2.05) is 57.2 Å². The van der Waals surface area contributed by atoms with E-state index >= 15 is 0 Å². The van der Waals surface area contributed by atoms with Gasteiger partial charge in [0, 0.05) is 30.2 Å². The minimum atomic E-state index is -0.227. The van der Waals surface area contributed by atoms with Crippen molar-refractivity contribution in [1.29, 1.82) is 0 Å². The summed E-state index contributed by atoms with van der Waals surface area (Å²) < 4.78 is 5.64. The maximum atomic E-state index is 12.9. The first-order valence-corrected chi connectivity index (χ1v) is 9.54. The van der Waals surface area contributed by atoms with Gasteiger partial charge in [-0.05, 0) is 56.7 Å². The van der Waals surface area contributed by atoms with Gasteiger partial charge in [0.05, 0.1) is 17.2 Å². The zero-order valence-electron chi connectivity index (χ0n) is 17.1. The minimum Gasteiger partial charge on any atom is -0.491 e. The van der Waals surface area contributed by atoms with Crippen LogP contribution in [-0.4, -0.2) is 22.9 Å². The Hall–Kier alpha value is -3.41. The molecule has 0 radical (unpaired) electrons. The number of rotatable bonds is 6. The number of amides is 2. The molecule has 6 heteroatoms. The van der Waals surface area contributed by atoms with E-state index in [0.717, 1.165) is 22.4 Å². The number of carbonyl (C=O) groups excluding carboxylic acids is 2. The second-order valence-electron chi connectivity index (χ2n) is 7.22. The van der Waals surface area contributed by atoms with E-state index < -0.39 is 0 Å². The largest absolute Gasteiger partial charge is 0.491 e. The Labute approximate surface area is 170 Å². The molecule has 0 saturated carbocycles. The van der Waals surface area contributed by atoms with Gasteiger partial charge >= 0.3 is 0 Å². The van der Waals surface area contributed by atoms with Crippen molar-refractivity contribution in [2.75, 3.05) is 5.32 Å². The summed E-state index contributed by atoms with van der Waals surface area (Å²) in [5, 5.41) is 6.42. The van der Waals surface area contributed by atoms with Crippen LogP contribution in [0.3, 0.4) is 0 Å². The third-order valence-corrected chi connectivity index (χ3v) is 4.26. The highest BCUT2D eigenvalue weighted by molar-refractivity contribution is 6.08. The summed E-state index contributed by atoms with van der Waals surface area (Å²) in [5.41, 5.74) is 3.48. The van der Waals surface area contributed by atoms with Crippen LogP contribution in [0.25, 0.3) is 10.9 Å². The Bertz CT molecular complexity index is 1040. The number of benzene rings is 2.